The lowest BCUT2D eigenvalue weighted by Crippen LogP contribution is -1.85. The summed E-state index contributed by atoms with van der Waals surface area (Å²) in [6.45, 7) is 0. The number of aryl methyl sites for hydroxylation is 1. The first-order valence-corrected chi connectivity index (χ1v) is 2.72. The molecule has 0 unspecified atom stereocenters. The quantitative estimate of drug-likeness (QED) is 0.575. The lowest BCUT2D eigenvalue weighted by molar-refractivity contribution is -0.107. The number of nitrogens with one attached hydrogen (secondary N) is 1. The Hall–Kier alpha value is -1.19. The van der Waals surface area contributed by atoms with Gasteiger partial charge < -0.3 is 4.79 Å². The molecule has 0 atom stereocenters. The number of hydrogen-bond donors (Lipinski definition) is 1. The molecule has 4 nitrogen and oxygen atoms in total. The van der Waals surface area contributed by atoms with Gasteiger partial charge in [0.25, 0.3) is 0 Å². The van der Waals surface area contributed by atoms with Crippen LogP contribution in [0.4, 0.5) is 0 Å². The minimum Gasteiger partial charge on any atom is -0.303 e. The Morgan fingerprint density at radius 3 is 3.22 bits per heavy atom. The topological polar surface area (TPSA) is 58.6 Å². The van der Waals surface area contributed by atoms with E-state index in [1.165, 1.54) is 0 Å². The molecule has 0 aromatic carbocycles. The molecule has 48 valence electrons. The summed E-state index contributed by atoms with van der Waals surface area (Å²) in [6.07, 6.45) is 3.75. The number of aldehydes is 1. The zero-order valence-corrected chi connectivity index (χ0v) is 4.87. The van der Waals surface area contributed by atoms with Gasteiger partial charge in [0.05, 0.1) is 5.69 Å². The normalized spacial score (nSPS) is 9.33. The van der Waals surface area contributed by atoms with Gasteiger partial charge in [-0.05, 0) is 6.42 Å². The average Bonchev–Trinajstić information content (AvgIpc) is 2.34. The molecule has 0 amide bonds. The fourth-order valence-electron chi connectivity index (χ4n) is 0.554. The lowest BCUT2D eigenvalue weighted by Gasteiger charge is -1.82. The second kappa shape index (κ2) is 2.96. The van der Waals surface area contributed by atoms with Crippen molar-refractivity contribution in [2.75, 3.05) is 0 Å². The molecule has 0 fully saturated rings. The van der Waals surface area contributed by atoms with Gasteiger partial charge in [0, 0.05) is 12.6 Å². The Balaban J connectivity index is 2.38. The van der Waals surface area contributed by atoms with Crippen LogP contribution < -0.4 is 0 Å². The maximum atomic E-state index is 9.84. The number of aromatic amines is 1. The number of hydrogen-bond acceptors (Lipinski definition) is 3. The van der Waals surface area contributed by atoms with Crippen LogP contribution in [0.1, 0.15) is 12.1 Å². The van der Waals surface area contributed by atoms with Crippen LogP contribution in [0.5, 0.6) is 0 Å². The Kier molecular flexibility index (Phi) is 1.95. The summed E-state index contributed by atoms with van der Waals surface area (Å²) >= 11 is 0. The van der Waals surface area contributed by atoms with Crippen molar-refractivity contribution < 1.29 is 4.79 Å². The Morgan fingerprint density at radius 2 is 2.67 bits per heavy atom. The van der Waals surface area contributed by atoms with Crippen LogP contribution in [0, 0.1) is 0 Å². The van der Waals surface area contributed by atoms with Gasteiger partial charge in [-0.15, -0.1) is 5.10 Å². The zero-order chi connectivity index (χ0) is 6.53. The summed E-state index contributed by atoms with van der Waals surface area (Å²) in [5.41, 5.74) is 0.835. The van der Waals surface area contributed by atoms with Crippen molar-refractivity contribution in [1.29, 1.82) is 0 Å². The third-order valence-electron chi connectivity index (χ3n) is 0.986. The molecule has 1 aromatic rings. The van der Waals surface area contributed by atoms with Gasteiger partial charge >= 0.3 is 0 Å². The van der Waals surface area contributed by atoms with Crippen LogP contribution in [0.25, 0.3) is 0 Å². The van der Waals surface area contributed by atoms with E-state index < -0.39 is 0 Å². The number of aromatic nitrogens is 3. The van der Waals surface area contributed by atoms with Gasteiger partial charge in [-0.1, -0.05) is 5.21 Å². The molecule has 0 saturated heterocycles. The van der Waals surface area contributed by atoms with Crippen LogP contribution in [0.3, 0.4) is 0 Å². The van der Waals surface area contributed by atoms with E-state index in [4.69, 9.17) is 0 Å². The van der Waals surface area contributed by atoms with Crippen molar-refractivity contribution >= 4 is 6.29 Å². The van der Waals surface area contributed by atoms with E-state index >= 15 is 0 Å². The molecule has 0 aliphatic carbocycles. The average molecular weight is 125 g/mol. The Morgan fingerprint density at radius 1 is 1.78 bits per heavy atom. The second-order valence-corrected chi connectivity index (χ2v) is 1.67. The molecule has 0 radical (unpaired) electrons. The molecular formula is C5H7N3O. The highest BCUT2D eigenvalue weighted by Gasteiger charge is 1.92. The van der Waals surface area contributed by atoms with E-state index in [2.05, 4.69) is 15.4 Å². The minimum absolute atomic E-state index is 0.520. The maximum absolute atomic E-state index is 9.84. The molecule has 0 saturated carbocycles. The summed E-state index contributed by atoms with van der Waals surface area (Å²) < 4.78 is 0. The molecule has 0 bridgehead atoms. The van der Waals surface area contributed by atoms with E-state index in [0.717, 1.165) is 12.0 Å². The zero-order valence-electron chi connectivity index (χ0n) is 4.87. The summed E-state index contributed by atoms with van der Waals surface area (Å²) in [4.78, 5) is 9.84. The van der Waals surface area contributed by atoms with Crippen molar-refractivity contribution in [1.82, 2.24) is 15.4 Å². The number of carbonyl (C=O) groups excluding carboxylic acids is 1. The highest BCUT2D eigenvalue weighted by Crippen LogP contribution is 1.91. The highest BCUT2D eigenvalue weighted by atomic mass is 16.1. The molecule has 4 heteroatoms. The van der Waals surface area contributed by atoms with E-state index in [0.29, 0.717) is 12.8 Å². The summed E-state index contributed by atoms with van der Waals surface area (Å²) in [5, 5.41) is 9.74. The van der Waals surface area contributed by atoms with Crippen LogP contribution in [-0.4, -0.2) is 21.7 Å². The molecular weight excluding hydrogens is 118 g/mol. The predicted octanol–water partition coefficient (Wildman–Crippen LogP) is -0.0638. The minimum atomic E-state index is 0.520. The van der Waals surface area contributed by atoms with Gasteiger partial charge in [0.1, 0.15) is 6.29 Å². The second-order valence-electron chi connectivity index (χ2n) is 1.67. The highest BCUT2D eigenvalue weighted by molar-refractivity contribution is 5.49. The van der Waals surface area contributed by atoms with Crippen LogP contribution in [0.15, 0.2) is 6.20 Å². The van der Waals surface area contributed by atoms with E-state index in [9.17, 15) is 4.79 Å². The van der Waals surface area contributed by atoms with Gasteiger partial charge in [-0.3, -0.25) is 5.10 Å². The van der Waals surface area contributed by atoms with Crippen LogP contribution in [-0.2, 0) is 11.2 Å². The van der Waals surface area contributed by atoms with E-state index in [-0.39, 0.29) is 0 Å². The third-order valence-corrected chi connectivity index (χ3v) is 0.986. The number of H-pyrrole nitrogens is 1. The van der Waals surface area contributed by atoms with E-state index in [1.807, 2.05) is 0 Å². The van der Waals surface area contributed by atoms with E-state index in [1.54, 1.807) is 6.20 Å². The predicted molar refractivity (Wildman–Crippen MR) is 30.8 cm³/mol. The summed E-state index contributed by atoms with van der Waals surface area (Å²) in [7, 11) is 0. The van der Waals surface area contributed by atoms with Crippen molar-refractivity contribution in [3.8, 4) is 0 Å². The third kappa shape index (κ3) is 1.64. The molecule has 1 heterocycles. The largest absolute Gasteiger partial charge is 0.303 e. The van der Waals surface area contributed by atoms with Crippen LogP contribution in [0.2, 0.25) is 0 Å². The van der Waals surface area contributed by atoms with Crippen molar-refractivity contribution in [2.45, 2.75) is 12.8 Å². The van der Waals surface area contributed by atoms with Crippen molar-refractivity contribution in [3.05, 3.63) is 11.9 Å². The molecule has 1 rings (SSSR count). The molecule has 1 aromatic heterocycles. The molecule has 0 spiro atoms. The fourth-order valence-corrected chi connectivity index (χ4v) is 0.554. The molecule has 0 aliphatic rings. The lowest BCUT2D eigenvalue weighted by atomic mass is 10.3. The number of nitrogens with zero attached hydrogens (tertiary/aromatic N) is 2. The first-order valence-electron chi connectivity index (χ1n) is 2.72. The number of carbonyl (C=O) groups is 1. The van der Waals surface area contributed by atoms with Crippen molar-refractivity contribution in [2.24, 2.45) is 0 Å². The first kappa shape index (κ1) is 5.94. The van der Waals surface area contributed by atoms with Crippen molar-refractivity contribution in [3.63, 3.8) is 0 Å². The van der Waals surface area contributed by atoms with Gasteiger partial charge in [0.2, 0.25) is 0 Å². The molecule has 0 aliphatic heterocycles. The standard InChI is InChI=1S/C5H7N3O/c9-3-1-2-5-4-6-8-7-5/h3-4H,1-2H2,(H,6,7,8). The first-order chi connectivity index (χ1) is 4.43. The molecule has 1 N–H and O–H groups in total. The fraction of sp³-hybridized carbons (Fsp3) is 0.400. The van der Waals surface area contributed by atoms with Crippen LogP contribution >= 0.6 is 0 Å². The van der Waals surface area contributed by atoms with Gasteiger partial charge in [-0.25, -0.2) is 0 Å². The molecule has 9 heavy (non-hydrogen) atoms. The van der Waals surface area contributed by atoms with Gasteiger partial charge in [-0.2, -0.15) is 0 Å². The van der Waals surface area contributed by atoms with Gasteiger partial charge in [0.15, 0.2) is 0 Å². The summed E-state index contributed by atoms with van der Waals surface area (Å²) in [6, 6.07) is 0. The Labute approximate surface area is 52.3 Å². The smallest absolute Gasteiger partial charge is 0.120 e. The monoisotopic (exact) mass is 125 g/mol. The maximum Gasteiger partial charge on any atom is 0.120 e. The SMILES string of the molecule is O=CCCc1c[nH]nn1. The Bertz CT molecular complexity index is 170. The number of rotatable bonds is 3. The summed E-state index contributed by atoms with van der Waals surface area (Å²) in [5.74, 6) is 0.